The number of alkyl halides is 3. The lowest BCUT2D eigenvalue weighted by Crippen LogP contribution is -2.41. The Balaban J connectivity index is 1.64. The summed E-state index contributed by atoms with van der Waals surface area (Å²) in [5.74, 6) is 0.357. The Morgan fingerprint density at radius 3 is 2.58 bits per heavy atom. The molecule has 2 aliphatic heterocycles. The molecule has 2 fully saturated rings. The number of pyridine rings is 1. The molecular weight excluding hydrogens is 323 g/mol. The number of rotatable bonds is 2. The Kier molecular flexibility index (Phi) is 4.67. The van der Waals surface area contributed by atoms with Gasteiger partial charge in [-0.25, -0.2) is 4.98 Å². The van der Waals surface area contributed by atoms with E-state index < -0.39 is 11.7 Å². The van der Waals surface area contributed by atoms with Gasteiger partial charge in [0.05, 0.1) is 5.56 Å². The van der Waals surface area contributed by atoms with Crippen LogP contribution in [0.1, 0.15) is 25.3 Å². The summed E-state index contributed by atoms with van der Waals surface area (Å²) in [4.78, 5) is 19.9. The second-order valence-electron chi connectivity index (χ2n) is 6.28. The highest BCUT2D eigenvalue weighted by molar-refractivity contribution is 5.78. The maximum atomic E-state index is 12.6. The third-order valence-electron chi connectivity index (χ3n) is 4.52. The first kappa shape index (κ1) is 17.0. The predicted molar refractivity (Wildman–Crippen MR) is 81.6 cm³/mol. The summed E-state index contributed by atoms with van der Waals surface area (Å²) in [6, 6.07) is 2.26. The molecule has 1 aromatic rings. The van der Waals surface area contributed by atoms with Gasteiger partial charge < -0.3 is 9.64 Å². The normalized spacial score (nSPS) is 26.3. The van der Waals surface area contributed by atoms with Crippen LogP contribution in [0, 0.1) is 0 Å². The largest absolute Gasteiger partial charge is 0.461 e. The zero-order chi connectivity index (χ0) is 17.3. The standard InChI is InChI=1S/C16H20F3N3O2/c1-11-9-13(15(23)24-11)21-5-2-6-22(8-7-21)14-4-3-12(10-20-14)16(17,18)19/h3-4,10-11,13H,2,5-9H2,1H3/t11-,13-/m0/s1. The highest BCUT2D eigenvalue weighted by Crippen LogP contribution is 2.29. The molecule has 0 aliphatic carbocycles. The molecule has 0 aromatic carbocycles. The number of cyclic esters (lactones) is 1. The minimum atomic E-state index is -4.37. The van der Waals surface area contributed by atoms with Crippen molar-refractivity contribution in [3.63, 3.8) is 0 Å². The van der Waals surface area contributed by atoms with Crippen molar-refractivity contribution in [2.24, 2.45) is 0 Å². The maximum absolute atomic E-state index is 12.6. The number of esters is 1. The minimum Gasteiger partial charge on any atom is -0.461 e. The molecule has 0 unspecified atom stereocenters. The van der Waals surface area contributed by atoms with Crippen LogP contribution in [0.5, 0.6) is 0 Å². The number of anilines is 1. The fourth-order valence-electron chi connectivity index (χ4n) is 3.25. The summed E-state index contributed by atoms with van der Waals surface area (Å²) in [5, 5.41) is 0. The first-order chi connectivity index (χ1) is 11.3. The molecule has 2 aliphatic rings. The molecule has 5 nitrogen and oxygen atoms in total. The molecule has 0 N–H and O–H groups in total. The van der Waals surface area contributed by atoms with Crippen LogP contribution in [0.3, 0.4) is 0 Å². The topological polar surface area (TPSA) is 45.7 Å². The highest BCUT2D eigenvalue weighted by Gasteiger charge is 2.37. The van der Waals surface area contributed by atoms with Gasteiger partial charge in [0.1, 0.15) is 18.0 Å². The molecule has 132 valence electrons. The highest BCUT2D eigenvalue weighted by atomic mass is 19.4. The van der Waals surface area contributed by atoms with Crippen molar-refractivity contribution < 1.29 is 22.7 Å². The summed E-state index contributed by atoms with van der Waals surface area (Å²) < 4.78 is 43.1. The van der Waals surface area contributed by atoms with E-state index in [1.54, 1.807) is 0 Å². The molecule has 0 amide bonds. The Morgan fingerprint density at radius 2 is 2.00 bits per heavy atom. The van der Waals surface area contributed by atoms with E-state index in [0.717, 1.165) is 25.2 Å². The zero-order valence-corrected chi connectivity index (χ0v) is 13.4. The third kappa shape index (κ3) is 3.63. The number of hydrogen-bond acceptors (Lipinski definition) is 5. The molecule has 0 bridgehead atoms. The summed E-state index contributed by atoms with van der Waals surface area (Å²) in [5.41, 5.74) is -0.745. The van der Waals surface area contributed by atoms with Crippen molar-refractivity contribution in [3.8, 4) is 0 Å². The molecular formula is C16H20F3N3O2. The Hall–Kier alpha value is -1.83. The Labute approximate surface area is 138 Å². The van der Waals surface area contributed by atoms with E-state index in [-0.39, 0.29) is 18.1 Å². The summed E-state index contributed by atoms with van der Waals surface area (Å²) >= 11 is 0. The Morgan fingerprint density at radius 1 is 1.21 bits per heavy atom. The number of carbonyl (C=O) groups is 1. The van der Waals surface area contributed by atoms with Crippen molar-refractivity contribution in [1.29, 1.82) is 0 Å². The van der Waals surface area contributed by atoms with Gasteiger partial charge in [0.25, 0.3) is 0 Å². The summed E-state index contributed by atoms with van der Waals surface area (Å²) in [7, 11) is 0. The van der Waals surface area contributed by atoms with E-state index in [0.29, 0.717) is 31.9 Å². The van der Waals surface area contributed by atoms with Gasteiger partial charge in [-0.1, -0.05) is 0 Å². The van der Waals surface area contributed by atoms with Crippen molar-refractivity contribution in [2.45, 2.75) is 38.1 Å². The average molecular weight is 343 g/mol. The zero-order valence-electron chi connectivity index (χ0n) is 13.4. The molecule has 0 spiro atoms. The summed E-state index contributed by atoms with van der Waals surface area (Å²) in [6.45, 7) is 4.63. The van der Waals surface area contributed by atoms with Gasteiger partial charge >= 0.3 is 12.1 Å². The quantitative estimate of drug-likeness (QED) is 0.771. The van der Waals surface area contributed by atoms with Crippen molar-refractivity contribution in [2.75, 3.05) is 31.1 Å². The molecule has 2 saturated heterocycles. The molecule has 1 aromatic heterocycles. The van der Waals surface area contributed by atoms with E-state index >= 15 is 0 Å². The van der Waals surface area contributed by atoms with Crippen LogP contribution >= 0.6 is 0 Å². The fraction of sp³-hybridized carbons (Fsp3) is 0.625. The van der Waals surface area contributed by atoms with E-state index in [2.05, 4.69) is 9.88 Å². The number of hydrogen-bond donors (Lipinski definition) is 0. The number of ether oxygens (including phenoxy) is 1. The van der Waals surface area contributed by atoms with Gasteiger partial charge in [-0.2, -0.15) is 13.2 Å². The molecule has 0 saturated carbocycles. The smallest absolute Gasteiger partial charge is 0.417 e. The van der Waals surface area contributed by atoms with E-state index in [4.69, 9.17) is 4.74 Å². The number of nitrogens with zero attached hydrogens (tertiary/aromatic N) is 3. The fourth-order valence-corrected chi connectivity index (χ4v) is 3.25. The van der Waals surface area contributed by atoms with E-state index in [1.165, 1.54) is 6.07 Å². The van der Waals surface area contributed by atoms with Crippen LogP contribution < -0.4 is 4.90 Å². The van der Waals surface area contributed by atoms with Gasteiger partial charge in [-0.05, 0) is 25.5 Å². The van der Waals surface area contributed by atoms with Crippen molar-refractivity contribution in [3.05, 3.63) is 23.9 Å². The van der Waals surface area contributed by atoms with Crippen molar-refractivity contribution >= 4 is 11.8 Å². The number of halogens is 3. The maximum Gasteiger partial charge on any atom is 0.417 e. The van der Waals surface area contributed by atoms with Crippen LogP contribution in [-0.4, -0.2) is 54.2 Å². The van der Waals surface area contributed by atoms with Gasteiger partial charge in [-0.15, -0.1) is 0 Å². The SMILES string of the molecule is C[C@H]1C[C@H](N2CCCN(c3ccc(C(F)(F)F)cn3)CC2)C(=O)O1. The van der Waals surface area contributed by atoms with Crippen LogP contribution in [0.4, 0.5) is 19.0 Å². The first-order valence-corrected chi connectivity index (χ1v) is 8.07. The molecule has 3 rings (SSSR count). The van der Waals surface area contributed by atoms with Crippen molar-refractivity contribution in [1.82, 2.24) is 9.88 Å². The second kappa shape index (κ2) is 6.58. The number of aromatic nitrogens is 1. The lowest BCUT2D eigenvalue weighted by molar-refractivity contribution is -0.144. The number of carbonyl (C=O) groups excluding carboxylic acids is 1. The molecule has 8 heteroatoms. The third-order valence-corrected chi connectivity index (χ3v) is 4.52. The lowest BCUT2D eigenvalue weighted by atomic mass is 10.1. The summed E-state index contributed by atoms with van der Waals surface area (Å²) in [6.07, 6.45) is -2.05. The molecule has 3 heterocycles. The molecule has 24 heavy (non-hydrogen) atoms. The van der Waals surface area contributed by atoms with E-state index in [9.17, 15) is 18.0 Å². The van der Waals surface area contributed by atoms with Gasteiger partial charge in [0, 0.05) is 38.8 Å². The molecule has 2 atom stereocenters. The Bertz CT molecular complexity index is 591. The lowest BCUT2D eigenvalue weighted by Gasteiger charge is -2.25. The van der Waals surface area contributed by atoms with Crippen LogP contribution in [0.25, 0.3) is 0 Å². The first-order valence-electron chi connectivity index (χ1n) is 8.07. The minimum absolute atomic E-state index is 0.0570. The van der Waals surface area contributed by atoms with Gasteiger partial charge in [0.2, 0.25) is 0 Å². The van der Waals surface area contributed by atoms with Crippen LogP contribution in [-0.2, 0) is 15.7 Å². The predicted octanol–water partition coefficient (Wildman–Crippen LogP) is 2.32. The van der Waals surface area contributed by atoms with Crippen LogP contribution in [0.15, 0.2) is 18.3 Å². The average Bonchev–Trinajstić information content (AvgIpc) is 2.74. The van der Waals surface area contributed by atoms with Crippen LogP contribution in [0.2, 0.25) is 0 Å². The monoisotopic (exact) mass is 343 g/mol. The molecule has 0 radical (unpaired) electrons. The van der Waals surface area contributed by atoms with E-state index in [1.807, 2.05) is 11.8 Å². The second-order valence-corrected chi connectivity index (χ2v) is 6.28. The van der Waals surface area contributed by atoms with Gasteiger partial charge in [0.15, 0.2) is 0 Å². The van der Waals surface area contributed by atoms with Gasteiger partial charge in [-0.3, -0.25) is 9.69 Å².